The molecule has 1 aliphatic carbocycles. The summed E-state index contributed by atoms with van der Waals surface area (Å²) in [5.74, 6) is 7.04. The normalized spacial score (nSPS) is 17.6. The van der Waals surface area contributed by atoms with E-state index in [9.17, 15) is 8.42 Å². The Bertz CT molecular complexity index is 1440. The maximum absolute atomic E-state index is 11.9. The fraction of sp³-hybridized carbons (Fsp3) is 0.484. The molecule has 0 atom stereocenters. The van der Waals surface area contributed by atoms with Crippen LogP contribution in [0.25, 0.3) is 10.9 Å². The molecule has 7 nitrogen and oxygen atoms in total. The average molecular weight is 551 g/mol. The van der Waals surface area contributed by atoms with Crippen LogP contribution in [0.5, 0.6) is 5.75 Å². The maximum Gasteiger partial charge on any atom is 0.175 e. The Balaban J connectivity index is 1.47. The van der Waals surface area contributed by atoms with Crippen LogP contribution in [0, 0.1) is 11.8 Å². The molecule has 0 amide bonds. The number of hydrogen-bond donors (Lipinski definition) is 2. The molecule has 0 unspecified atom stereocenters. The van der Waals surface area contributed by atoms with E-state index in [0.29, 0.717) is 30.1 Å². The minimum absolute atomic E-state index is 0.227. The lowest BCUT2D eigenvalue weighted by atomic mass is 9.90. The zero-order valence-corrected chi connectivity index (χ0v) is 24.7. The third-order valence-corrected chi connectivity index (χ3v) is 8.94. The highest BCUT2D eigenvalue weighted by Gasteiger charge is 2.25. The van der Waals surface area contributed by atoms with Gasteiger partial charge in [0.1, 0.15) is 5.75 Å². The summed E-state index contributed by atoms with van der Waals surface area (Å²) in [7, 11) is -1.77. The molecular formula is C31H42N4O3S. The number of rotatable bonds is 10. The van der Waals surface area contributed by atoms with Crippen LogP contribution in [0.1, 0.15) is 52.1 Å². The van der Waals surface area contributed by atoms with Crippen molar-refractivity contribution >= 4 is 32.1 Å². The van der Waals surface area contributed by atoms with Gasteiger partial charge in [-0.1, -0.05) is 25.8 Å². The fourth-order valence-corrected chi connectivity index (χ4v) is 6.36. The molecule has 1 fully saturated rings. The number of methoxy groups -OCH3 is 1. The number of fused-ring (bicyclic) bond motifs is 1. The van der Waals surface area contributed by atoms with Crippen LogP contribution in [0.3, 0.4) is 0 Å². The molecule has 39 heavy (non-hydrogen) atoms. The van der Waals surface area contributed by atoms with Crippen molar-refractivity contribution in [1.29, 1.82) is 0 Å². The van der Waals surface area contributed by atoms with Gasteiger partial charge in [0.25, 0.3) is 0 Å². The lowest BCUT2D eigenvalue weighted by Crippen LogP contribution is -2.40. The highest BCUT2D eigenvalue weighted by Crippen LogP contribution is 2.31. The molecule has 210 valence electrons. The second-order valence-electron chi connectivity index (χ2n) is 10.2. The van der Waals surface area contributed by atoms with Gasteiger partial charge in [-0.25, -0.2) is 8.42 Å². The zero-order chi connectivity index (χ0) is 28.0. The number of nitrogens with zero attached hydrogens (tertiary/aromatic N) is 2. The lowest BCUT2D eigenvalue weighted by Gasteiger charge is -2.36. The van der Waals surface area contributed by atoms with E-state index in [1.165, 1.54) is 61.7 Å². The second kappa shape index (κ2) is 12.8. The van der Waals surface area contributed by atoms with Crippen molar-refractivity contribution in [2.24, 2.45) is 0 Å². The van der Waals surface area contributed by atoms with Gasteiger partial charge in [0, 0.05) is 42.0 Å². The smallest absolute Gasteiger partial charge is 0.175 e. The van der Waals surface area contributed by atoms with Crippen molar-refractivity contribution in [1.82, 2.24) is 9.47 Å². The van der Waals surface area contributed by atoms with Crippen molar-refractivity contribution in [3.05, 3.63) is 48.2 Å². The molecule has 0 spiro atoms. The summed E-state index contributed by atoms with van der Waals surface area (Å²) < 4.78 is 31.4. The topological polar surface area (TPSA) is 75.6 Å². The Hall–Kier alpha value is -3.15. The molecule has 3 aromatic rings. The number of anilines is 2. The number of ether oxygens (including phenoxy) is 1. The summed E-state index contributed by atoms with van der Waals surface area (Å²) in [4.78, 5) is 2.82. The molecule has 1 saturated carbocycles. The average Bonchev–Trinajstić information content (AvgIpc) is 3.30. The van der Waals surface area contributed by atoms with E-state index >= 15 is 0 Å². The molecule has 0 bridgehead atoms. The van der Waals surface area contributed by atoms with Crippen LogP contribution in [-0.2, 0) is 16.4 Å². The van der Waals surface area contributed by atoms with Crippen molar-refractivity contribution in [2.45, 2.75) is 70.0 Å². The Morgan fingerprint density at radius 3 is 2.41 bits per heavy atom. The number of hydrogen-bond acceptors (Lipinski definition) is 6. The van der Waals surface area contributed by atoms with Crippen LogP contribution >= 0.6 is 0 Å². The molecule has 0 aliphatic heterocycles. The number of benzene rings is 2. The van der Waals surface area contributed by atoms with Crippen LogP contribution in [0.2, 0.25) is 0 Å². The first kappa shape index (κ1) is 28.8. The molecule has 0 radical (unpaired) electrons. The molecule has 2 N–H and O–H groups in total. The maximum atomic E-state index is 11.9. The number of aromatic nitrogens is 1. The Morgan fingerprint density at radius 1 is 1.03 bits per heavy atom. The highest BCUT2D eigenvalue weighted by atomic mass is 32.2. The van der Waals surface area contributed by atoms with Gasteiger partial charge in [-0.05, 0) is 81.9 Å². The summed E-state index contributed by atoms with van der Waals surface area (Å²) in [5.41, 5.74) is 4.06. The van der Waals surface area contributed by atoms with Crippen molar-refractivity contribution < 1.29 is 13.2 Å². The minimum atomic E-state index is -3.30. The Kier molecular flexibility index (Phi) is 9.47. The summed E-state index contributed by atoms with van der Waals surface area (Å²) >= 11 is 0. The van der Waals surface area contributed by atoms with Crippen molar-refractivity contribution in [2.75, 3.05) is 43.6 Å². The van der Waals surface area contributed by atoms with Gasteiger partial charge in [-0.15, -0.1) is 0 Å². The fourth-order valence-electron chi connectivity index (χ4n) is 5.72. The molecule has 1 aliphatic rings. The molecule has 4 rings (SSSR count). The van der Waals surface area contributed by atoms with Crippen LogP contribution in [-0.4, -0.2) is 63.0 Å². The summed E-state index contributed by atoms with van der Waals surface area (Å²) in [6.45, 7) is 10.2. The van der Waals surface area contributed by atoms with Gasteiger partial charge in [0.2, 0.25) is 0 Å². The van der Waals surface area contributed by atoms with Crippen LogP contribution < -0.4 is 15.4 Å². The number of nitrogens with one attached hydrogen (secondary N) is 2. The summed E-state index contributed by atoms with van der Waals surface area (Å²) in [6.07, 6.45) is 6.07. The second-order valence-corrected chi connectivity index (χ2v) is 12.2. The standard InChI is InChI=1S/C31H42N4O3S/c1-6-34(7-2)24-16-14-23(15-17-24)33-28-12-9-13-30-27(28)21-25(35(30)8-3)11-10-20-32-29-19-18-26(39(5,36)37)22-31(29)38-4/h9,12-13,18-19,21-24,32-33H,6-8,14-17,20H2,1-5H3/t23-,24-. The predicted molar refractivity (Wildman–Crippen MR) is 162 cm³/mol. The third-order valence-electron chi connectivity index (χ3n) is 7.83. The predicted octanol–water partition coefficient (Wildman–Crippen LogP) is 5.60. The molecule has 8 heteroatoms. The van der Waals surface area contributed by atoms with Gasteiger partial charge in [-0.2, -0.15) is 0 Å². The van der Waals surface area contributed by atoms with Gasteiger partial charge in [-0.3, -0.25) is 0 Å². The van der Waals surface area contributed by atoms with E-state index in [0.717, 1.165) is 25.3 Å². The zero-order valence-electron chi connectivity index (χ0n) is 23.9. The molecular weight excluding hydrogens is 508 g/mol. The molecule has 1 aromatic heterocycles. The monoisotopic (exact) mass is 550 g/mol. The van der Waals surface area contributed by atoms with Gasteiger partial charge < -0.3 is 24.8 Å². The minimum Gasteiger partial charge on any atom is -0.495 e. The van der Waals surface area contributed by atoms with Crippen molar-refractivity contribution in [3.8, 4) is 17.6 Å². The first-order chi connectivity index (χ1) is 18.8. The summed E-state index contributed by atoms with van der Waals surface area (Å²) in [6, 6.07) is 14.7. The third kappa shape index (κ3) is 6.71. The number of aryl methyl sites for hydroxylation is 1. The van der Waals surface area contributed by atoms with Crippen molar-refractivity contribution in [3.63, 3.8) is 0 Å². The summed E-state index contributed by atoms with van der Waals surface area (Å²) in [5, 5.41) is 8.31. The SMILES string of the molecule is CCn1c(C#CCNc2ccc(S(C)(=O)=O)cc2OC)cc2c(N[C@H]3CC[C@H](N(CC)CC)CC3)cccc21. The molecule has 1 heterocycles. The van der Waals surface area contributed by atoms with E-state index in [2.05, 4.69) is 77.0 Å². The van der Waals surface area contributed by atoms with E-state index < -0.39 is 9.84 Å². The lowest BCUT2D eigenvalue weighted by molar-refractivity contribution is 0.167. The Labute approximate surface area is 233 Å². The highest BCUT2D eigenvalue weighted by molar-refractivity contribution is 7.90. The quantitative estimate of drug-likeness (QED) is 0.320. The Morgan fingerprint density at radius 2 is 1.77 bits per heavy atom. The largest absolute Gasteiger partial charge is 0.495 e. The number of sulfone groups is 1. The van der Waals surface area contributed by atoms with E-state index in [1.807, 2.05) is 0 Å². The van der Waals surface area contributed by atoms with Crippen LogP contribution in [0.4, 0.5) is 11.4 Å². The van der Waals surface area contributed by atoms with E-state index in [-0.39, 0.29) is 4.90 Å². The van der Waals surface area contributed by atoms with Gasteiger partial charge in [0.15, 0.2) is 9.84 Å². The molecule has 0 saturated heterocycles. The van der Waals surface area contributed by atoms with E-state index in [4.69, 9.17) is 4.74 Å². The van der Waals surface area contributed by atoms with Crippen LogP contribution in [0.15, 0.2) is 47.4 Å². The van der Waals surface area contributed by atoms with Gasteiger partial charge >= 0.3 is 0 Å². The first-order valence-electron chi connectivity index (χ1n) is 14.0. The molecule has 2 aromatic carbocycles. The van der Waals surface area contributed by atoms with E-state index in [1.54, 1.807) is 12.1 Å². The van der Waals surface area contributed by atoms with Gasteiger partial charge in [0.05, 0.1) is 35.4 Å². The first-order valence-corrected chi connectivity index (χ1v) is 15.9.